The third-order valence-electron chi connectivity index (χ3n) is 11.1. The molecule has 0 saturated carbocycles. The minimum Gasteiger partial charge on any atom is -0.491 e. The molecule has 57 heavy (non-hydrogen) atoms. The molecule has 4 atom stereocenters. The lowest BCUT2D eigenvalue weighted by molar-refractivity contribution is -0.0677. The first-order chi connectivity index (χ1) is 27.6. The zero-order chi connectivity index (χ0) is 40.1. The minimum absolute atomic E-state index is 0.148. The van der Waals surface area contributed by atoms with Gasteiger partial charge in [-0.3, -0.25) is 0 Å². The maximum Gasteiger partial charge on any atom is 0.196 e. The largest absolute Gasteiger partial charge is 0.491 e. The molecular weight excluding hydrogens is 717 g/mol. The summed E-state index contributed by atoms with van der Waals surface area (Å²) in [5.74, 6) is 3.39. The summed E-state index contributed by atoms with van der Waals surface area (Å²) in [6, 6.07) is 33.5. The summed E-state index contributed by atoms with van der Waals surface area (Å²) < 4.78 is 46.1. The highest BCUT2D eigenvalue weighted by Crippen LogP contribution is 2.35. The molecule has 6 rings (SSSR count). The van der Waals surface area contributed by atoms with Crippen molar-refractivity contribution >= 4 is 0 Å². The summed E-state index contributed by atoms with van der Waals surface area (Å²) in [5.41, 5.74) is 4.62. The Morgan fingerprint density at radius 1 is 0.456 bits per heavy atom. The maximum atomic E-state index is 6.06. The summed E-state index contributed by atoms with van der Waals surface area (Å²) in [4.78, 5) is 0. The van der Waals surface area contributed by atoms with E-state index in [1.807, 2.05) is 62.4 Å². The summed E-state index contributed by atoms with van der Waals surface area (Å²) >= 11 is 0. The van der Waals surface area contributed by atoms with Crippen LogP contribution >= 0.6 is 0 Å². The third-order valence-corrected chi connectivity index (χ3v) is 11.1. The van der Waals surface area contributed by atoms with E-state index in [4.69, 9.17) is 37.9 Å². The van der Waals surface area contributed by atoms with E-state index in [9.17, 15) is 0 Å². The van der Waals surface area contributed by atoms with Gasteiger partial charge in [-0.15, -0.1) is 0 Å². The van der Waals surface area contributed by atoms with Crippen molar-refractivity contribution in [1.82, 2.24) is 0 Å². The van der Waals surface area contributed by atoms with Crippen LogP contribution in [-0.2, 0) is 29.8 Å². The highest BCUT2D eigenvalue weighted by molar-refractivity contribution is 5.43. The zero-order valence-corrected chi connectivity index (χ0v) is 35.0. The normalized spacial score (nSPS) is 17.4. The van der Waals surface area contributed by atoms with E-state index in [1.165, 1.54) is 41.5 Å². The molecule has 0 bridgehead atoms. The van der Waals surface area contributed by atoms with E-state index in [1.54, 1.807) is 0 Å². The quantitative estimate of drug-likeness (QED) is 0.0354. The van der Waals surface area contributed by atoms with Gasteiger partial charge in [-0.05, 0) is 97.5 Å². The van der Waals surface area contributed by atoms with Crippen LogP contribution in [0.4, 0.5) is 0 Å². The molecule has 4 aromatic rings. The average molecular weight is 781 g/mol. The van der Waals surface area contributed by atoms with Crippen molar-refractivity contribution in [3.8, 4) is 23.0 Å². The van der Waals surface area contributed by atoms with Gasteiger partial charge in [0.2, 0.25) is 0 Å². The van der Waals surface area contributed by atoms with Gasteiger partial charge in [-0.25, -0.2) is 0 Å². The molecule has 0 spiro atoms. The van der Waals surface area contributed by atoms with Gasteiger partial charge in [-0.2, -0.15) is 0 Å². The molecule has 0 aliphatic carbocycles. The Hall–Kier alpha value is -4.08. The Morgan fingerprint density at radius 3 is 1.04 bits per heavy atom. The Kier molecular flexibility index (Phi) is 15.3. The molecule has 2 aliphatic rings. The van der Waals surface area contributed by atoms with E-state index >= 15 is 0 Å². The second-order valence-electron chi connectivity index (χ2n) is 16.5. The van der Waals surface area contributed by atoms with Gasteiger partial charge in [0.1, 0.15) is 48.4 Å². The van der Waals surface area contributed by atoms with E-state index in [0.717, 1.165) is 61.9 Å². The molecule has 0 radical (unpaired) electrons. The third kappa shape index (κ3) is 13.5. The Balaban J connectivity index is 0.770. The molecule has 0 N–H and O–H groups in total. The lowest BCUT2D eigenvalue weighted by Gasteiger charge is -2.26. The first-order valence-corrected chi connectivity index (χ1v) is 21.0. The summed E-state index contributed by atoms with van der Waals surface area (Å²) in [5, 5.41) is 0. The fourth-order valence-electron chi connectivity index (χ4n) is 6.91. The van der Waals surface area contributed by atoms with Crippen LogP contribution in [0, 0.1) is 0 Å². The fourth-order valence-corrected chi connectivity index (χ4v) is 6.91. The van der Waals surface area contributed by atoms with Crippen molar-refractivity contribution in [3.63, 3.8) is 0 Å². The molecule has 0 amide bonds. The molecule has 0 aromatic heterocycles. The van der Waals surface area contributed by atoms with Crippen LogP contribution in [0.15, 0.2) is 97.1 Å². The zero-order valence-electron chi connectivity index (χ0n) is 35.0. The van der Waals surface area contributed by atoms with Crippen LogP contribution < -0.4 is 18.9 Å². The standard InChI is InChI=1S/C49H64O8/c1-36(56-44-26-18-40(19-27-44)48(3,4)38-14-22-42(23-15-38)52-32-46-34-54-46)50-30-12-10-8-7-9-11-13-31-51-37(2)57-45-28-20-41(21-29-45)49(5,6)39-16-24-43(25-17-39)53-33-47-35-55-47/h14-29,36-37,46-47H,7-13,30-35H2,1-6H3. The smallest absolute Gasteiger partial charge is 0.196 e. The summed E-state index contributed by atoms with van der Waals surface area (Å²) in [7, 11) is 0. The second-order valence-corrected chi connectivity index (χ2v) is 16.5. The van der Waals surface area contributed by atoms with Crippen LogP contribution in [0.5, 0.6) is 23.0 Å². The van der Waals surface area contributed by atoms with E-state index in [-0.39, 0.29) is 35.6 Å². The molecular formula is C49H64O8. The first kappa shape index (κ1) is 42.5. The Labute approximate surface area is 341 Å². The number of hydrogen-bond acceptors (Lipinski definition) is 8. The number of unbranched alkanes of at least 4 members (excludes halogenated alkanes) is 6. The molecule has 8 nitrogen and oxygen atoms in total. The van der Waals surface area contributed by atoms with Gasteiger partial charge in [0.05, 0.1) is 26.4 Å². The van der Waals surface area contributed by atoms with Gasteiger partial charge >= 0.3 is 0 Å². The number of rotatable bonds is 26. The van der Waals surface area contributed by atoms with Gasteiger partial charge < -0.3 is 37.9 Å². The highest BCUT2D eigenvalue weighted by Gasteiger charge is 2.26. The van der Waals surface area contributed by atoms with Gasteiger partial charge in [-0.1, -0.05) is 108 Å². The van der Waals surface area contributed by atoms with E-state index in [0.29, 0.717) is 26.4 Å². The van der Waals surface area contributed by atoms with Crippen LogP contribution in [-0.4, -0.2) is 64.4 Å². The van der Waals surface area contributed by atoms with Crippen LogP contribution in [0.2, 0.25) is 0 Å². The van der Waals surface area contributed by atoms with Crippen molar-refractivity contribution < 1.29 is 37.9 Å². The van der Waals surface area contributed by atoms with Crippen molar-refractivity contribution in [2.45, 2.75) is 122 Å². The number of ether oxygens (including phenoxy) is 8. The fraction of sp³-hybridized carbons (Fsp3) is 0.510. The molecule has 4 unspecified atom stereocenters. The molecule has 2 fully saturated rings. The molecule has 8 heteroatoms. The lowest BCUT2D eigenvalue weighted by atomic mass is 9.78. The van der Waals surface area contributed by atoms with Gasteiger partial charge in [0.25, 0.3) is 0 Å². The second kappa shape index (κ2) is 20.6. The average Bonchev–Trinajstić information content (AvgIpc) is 4.16. The van der Waals surface area contributed by atoms with E-state index < -0.39 is 0 Å². The highest BCUT2D eigenvalue weighted by atomic mass is 16.7. The topological polar surface area (TPSA) is 80.4 Å². The molecule has 2 saturated heterocycles. The number of hydrogen-bond donors (Lipinski definition) is 0. The minimum atomic E-state index is -0.294. The summed E-state index contributed by atoms with van der Waals surface area (Å²) in [6.07, 6.45) is 7.97. The van der Waals surface area contributed by atoms with Crippen LogP contribution in [0.1, 0.15) is 109 Å². The molecule has 2 heterocycles. The predicted octanol–water partition coefficient (Wildman–Crippen LogP) is 10.8. The Morgan fingerprint density at radius 2 is 0.737 bits per heavy atom. The van der Waals surface area contributed by atoms with Gasteiger partial charge in [0.15, 0.2) is 12.6 Å². The number of epoxide rings is 2. The number of benzene rings is 4. The van der Waals surface area contributed by atoms with E-state index in [2.05, 4.69) is 76.2 Å². The summed E-state index contributed by atoms with van der Waals surface area (Å²) in [6.45, 7) is 17.1. The van der Waals surface area contributed by atoms with Crippen LogP contribution in [0.25, 0.3) is 0 Å². The van der Waals surface area contributed by atoms with Crippen molar-refractivity contribution in [2.24, 2.45) is 0 Å². The maximum absolute atomic E-state index is 6.06. The van der Waals surface area contributed by atoms with Crippen molar-refractivity contribution in [2.75, 3.05) is 39.6 Å². The SMILES string of the molecule is CC(OCCCCCCCCCOC(C)Oc1ccc(C(C)(C)c2ccc(OCC3CO3)cc2)cc1)Oc1ccc(C(C)(C)c2ccc(OCC3CO3)cc2)cc1. The van der Waals surface area contributed by atoms with Crippen molar-refractivity contribution in [1.29, 1.82) is 0 Å². The molecule has 308 valence electrons. The van der Waals surface area contributed by atoms with Gasteiger partial charge in [0, 0.05) is 10.8 Å². The Bertz CT molecular complexity index is 1610. The molecule has 4 aromatic carbocycles. The van der Waals surface area contributed by atoms with Crippen LogP contribution in [0.3, 0.4) is 0 Å². The first-order valence-electron chi connectivity index (χ1n) is 21.0. The van der Waals surface area contributed by atoms with Crippen molar-refractivity contribution in [3.05, 3.63) is 119 Å². The molecule has 2 aliphatic heterocycles. The lowest BCUT2D eigenvalue weighted by Crippen LogP contribution is -2.19. The predicted molar refractivity (Wildman–Crippen MR) is 225 cm³/mol. The monoisotopic (exact) mass is 780 g/mol.